The minimum absolute atomic E-state index is 0.00811. The van der Waals surface area contributed by atoms with E-state index in [0.29, 0.717) is 10.7 Å². The second kappa shape index (κ2) is 12.7. The van der Waals surface area contributed by atoms with Crippen LogP contribution in [0.3, 0.4) is 0 Å². The molecule has 7 nitrogen and oxygen atoms in total. The molecule has 0 saturated carbocycles. The third kappa shape index (κ3) is 7.61. The zero-order valence-electron chi connectivity index (χ0n) is 23.2. The fourth-order valence-electron chi connectivity index (χ4n) is 4.14. The first kappa shape index (κ1) is 30.2. The average Bonchev–Trinajstić information content (AvgIpc) is 2.87. The van der Waals surface area contributed by atoms with Gasteiger partial charge < -0.3 is 10.2 Å². The Morgan fingerprint density at radius 2 is 1.56 bits per heavy atom. The van der Waals surface area contributed by atoms with Crippen LogP contribution >= 0.6 is 11.6 Å². The van der Waals surface area contributed by atoms with E-state index in [1.165, 1.54) is 29.2 Å². The molecule has 0 aliphatic heterocycles. The summed E-state index contributed by atoms with van der Waals surface area (Å²) in [6.45, 7) is 10.8. The van der Waals surface area contributed by atoms with Crippen LogP contribution in [-0.2, 0) is 26.2 Å². The van der Waals surface area contributed by atoms with Gasteiger partial charge in [-0.2, -0.15) is 0 Å². The highest BCUT2D eigenvalue weighted by Gasteiger charge is 2.32. The number of rotatable bonds is 10. The van der Waals surface area contributed by atoms with Gasteiger partial charge in [-0.25, -0.2) is 8.42 Å². The van der Waals surface area contributed by atoms with Crippen molar-refractivity contribution in [3.8, 4) is 0 Å². The van der Waals surface area contributed by atoms with E-state index in [9.17, 15) is 18.0 Å². The van der Waals surface area contributed by atoms with E-state index in [2.05, 4.69) is 5.32 Å². The molecule has 0 aromatic heterocycles. The summed E-state index contributed by atoms with van der Waals surface area (Å²) in [5.74, 6) is -0.817. The van der Waals surface area contributed by atoms with Crippen LogP contribution in [0.15, 0.2) is 71.6 Å². The Morgan fingerprint density at radius 1 is 0.897 bits per heavy atom. The van der Waals surface area contributed by atoms with Gasteiger partial charge in [0.2, 0.25) is 11.8 Å². The molecule has 3 aromatic rings. The van der Waals surface area contributed by atoms with Crippen molar-refractivity contribution in [2.75, 3.05) is 10.8 Å². The van der Waals surface area contributed by atoms with Gasteiger partial charge in [-0.1, -0.05) is 47.5 Å². The Bertz CT molecular complexity index is 1440. The number of benzene rings is 3. The Labute approximate surface area is 236 Å². The lowest BCUT2D eigenvalue weighted by molar-refractivity contribution is -0.139. The maximum absolute atomic E-state index is 14.0. The summed E-state index contributed by atoms with van der Waals surface area (Å²) in [5, 5.41) is 3.26. The topological polar surface area (TPSA) is 86.8 Å². The minimum atomic E-state index is -4.15. The largest absolute Gasteiger partial charge is 0.352 e. The normalized spacial score (nSPS) is 12.2. The standard InChI is InChI=1S/C30H36ClN3O4S/c1-20(2)32-30(36)24(6)33(18-25-9-7-8-21(3)16-25)29(35)19-34(27-13-10-22(4)23(5)17-27)39(37,38)28-14-11-26(31)12-15-28/h7-17,20,24H,18-19H2,1-6H3,(H,32,36)/t24-/m1/s1. The number of carbonyl (C=O) groups excluding carboxylic acids is 2. The van der Waals surface area contributed by atoms with E-state index in [4.69, 9.17) is 11.6 Å². The number of amides is 2. The summed E-state index contributed by atoms with van der Waals surface area (Å²) in [6.07, 6.45) is 0. The number of hydrogen-bond acceptors (Lipinski definition) is 4. The van der Waals surface area contributed by atoms with Crippen molar-refractivity contribution < 1.29 is 18.0 Å². The maximum atomic E-state index is 14.0. The molecule has 0 radical (unpaired) electrons. The van der Waals surface area contributed by atoms with Crippen LogP contribution in [0.25, 0.3) is 0 Å². The fourth-order valence-corrected chi connectivity index (χ4v) is 5.67. The lowest BCUT2D eigenvalue weighted by Crippen LogP contribution is -2.52. The SMILES string of the molecule is Cc1cccc(CN(C(=O)CN(c2ccc(C)c(C)c2)S(=O)(=O)c2ccc(Cl)cc2)[C@H](C)C(=O)NC(C)C)c1. The molecule has 3 rings (SSSR count). The number of nitrogens with zero attached hydrogens (tertiary/aromatic N) is 2. The molecule has 9 heteroatoms. The molecule has 1 atom stereocenters. The predicted molar refractivity (Wildman–Crippen MR) is 156 cm³/mol. The van der Waals surface area contributed by atoms with Crippen molar-refractivity contribution in [2.24, 2.45) is 0 Å². The van der Waals surface area contributed by atoms with Gasteiger partial charge in [0.05, 0.1) is 10.6 Å². The average molecular weight is 570 g/mol. The highest BCUT2D eigenvalue weighted by molar-refractivity contribution is 7.92. The molecule has 3 aromatic carbocycles. The summed E-state index contributed by atoms with van der Waals surface area (Å²) >= 11 is 6.00. The summed E-state index contributed by atoms with van der Waals surface area (Å²) in [6, 6.07) is 17.8. The van der Waals surface area contributed by atoms with Crippen molar-refractivity contribution in [3.05, 3.63) is 94.0 Å². The Balaban J connectivity index is 2.06. The van der Waals surface area contributed by atoms with Crippen LogP contribution in [0.1, 0.15) is 43.0 Å². The minimum Gasteiger partial charge on any atom is -0.352 e. The van der Waals surface area contributed by atoms with Crippen molar-refractivity contribution in [1.29, 1.82) is 0 Å². The van der Waals surface area contributed by atoms with Gasteiger partial charge in [-0.05, 0) is 94.6 Å². The van der Waals surface area contributed by atoms with Gasteiger partial charge in [-0.3, -0.25) is 13.9 Å². The molecular formula is C30H36ClN3O4S. The van der Waals surface area contributed by atoms with Gasteiger partial charge in [0, 0.05) is 17.6 Å². The second-order valence-electron chi connectivity index (χ2n) is 10.1. The Kier molecular flexibility index (Phi) is 9.80. The molecule has 0 fully saturated rings. The van der Waals surface area contributed by atoms with Gasteiger partial charge in [0.1, 0.15) is 12.6 Å². The molecule has 2 amide bonds. The monoisotopic (exact) mass is 569 g/mol. The van der Waals surface area contributed by atoms with Crippen LogP contribution in [-0.4, -0.2) is 43.8 Å². The van der Waals surface area contributed by atoms with Crippen LogP contribution in [0, 0.1) is 20.8 Å². The zero-order chi connectivity index (χ0) is 28.9. The van der Waals surface area contributed by atoms with Crippen molar-refractivity contribution in [1.82, 2.24) is 10.2 Å². The fraction of sp³-hybridized carbons (Fsp3) is 0.333. The predicted octanol–water partition coefficient (Wildman–Crippen LogP) is 5.40. The first-order valence-electron chi connectivity index (χ1n) is 12.8. The van der Waals surface area contributed by atoms with Gasteiger partial charge in [0.25, 0.3) is 10.0 Å². The molecule has 0 saturated heterocycles. The lowest BCUT2D eigenvalue weighted by atomic mass is 10.1. The van der Waals surface area contributed by atoms with Gasteiger partial charge in [0.15, 0.2) is 0 Å². The number of aryl methyl sites for hydroxylation is 3. The number of halogens is 1. The number of nitrogens with one attached hydrogen (secondary N) is 1. The van der Waals surface area contributed by atoms with E-state index < -0.39 is 28.5 Å². The number of hydrogen-bond donors (Lipinski definition) is 1. The van der Waals surface area contributed by atoms with E-state index in [1.807, 2.05) is 65.0 Å². The quantitative estimate of drug-likeness (QED) is 0.354. The van der Waals surface area contributed by atoms with E-state index in [1.54, 1.807) is 19.1 Å². The third-order valence-electron chi connectivity index (χ3n) is 6.49. The highest BCUT2D eigenvalue weighted by Crippen LogP contribution is 2.27. The summed E-state index contributed by atoms with van der Waals surface area (Å²) in [4.78, 5) is 28.4. The van der Waals surface area contributed by atoms with Crippen molar-refractivity contribution in [2.45, 2.75) is 65.1 Å². The Hall–Kier alpha value is -3.36. The summed E-state index contributed by atoms with van der Waals surface area (Å²) < 4.78 is 28.9. The van der Waals surface area contributed by atoms with Gasteiger partial charge in [-0.15, -0.1) is 0 Å². The lowest BCUT2D eigenvalue weighted by Gasteiger charge is -2.32. The van der Waals surface area contributed by atoms with Crippen LogP contribution in [0.5, 0.6) is 0 Å². The highest BCUT2D eigenvalue weighted by atomic mass is 35.5. The number of sulfonamides is 1. The number of anilines is 1. The first-order valence-corrected chi connectivity index (χ1v) is 14.6. The van der Waals surface area contributed by atoms with Crippen LogP contribution in [0.4, 0.5) is 5.69 Å². The smallest absolute Gasteiger partial charge is 0.264 e. The van der Waals surface area contributed by atoms with Crippen molar-refractivity contribution >= 4 is 39.1 Å². The van der Waals surface area contributed by atoms with E-state index in [0.717, 1.165) is 26.6 Å². The second-order valence-corrected chi connectivity index (χ2v) is 12.4. The molecular weight excluding hydrogens is 534 g/mol. The first-order chi connectivity index (χ1) is 18.3. The molecule has 0 heterocycles. The maximum Gasteiger partial charge on any atom is 0.264 e. The van der Waals surface area contributed by atoms with E-state index >= 15 is 0 Å². The molecule has 39 heavy (non-hydrogen) atoms. The molecule has 0 spiro atoms. The zero-order valence-corrected chi connectivity index (χ0v) is 24.8. The molecule has 208 valence electrons. The van der Waals surface area contributed by atoms with Crippen molar-refractivity contribution in [3.63, 3.8) is 0 Å². The Morgan fingerprint density at radius 3 is 2.15 bits per heavy atom. The van der Waals surface area contributed by atoms with E-state index in [-0.39, 0.29) is 23.4 Å². The van der Waals surface area contributed by atoms with Crippen LogP contribution in [0.2, 0.25) is 5.02 Å². The molecule has 0 aliphatic carbocycles. The molecule has 0 unspecified atom stereocenters. The summed E-state index contributed by atoms with van der Waals surface area (Å²) in [7, 11) is -4.15. The van der Waals surface area contributed by atoms with Crippen LogP contribution < -0.4 is 9.62 Å². The van der Waals surface area contributed by atoms with Gasteiger partial charge >= 0.3 is 0 Å². The summed E-state index contributed by atoms with van der Waals surface area (Å²) in [5.41, 5.74) is 4.09. The molecule has 0 aliphatic rings. The molecule has 1 N–H and O–H groups in total. The third-order valence-corrected chi connectivity index (χ3v) is 8.53. The molecule has 0 bridgehead atoms. The number of carbonyl (C=O) groups is 2.